The van der Waals surface area contributed by atoms with Crippen molar-refractivity contribution in [2.75, 3.05) is 20.8 Å². The van der Waals surface area contributed by atoms with Crippen LogP contribution in [0.15, 0.2) is 42.5 Å². The molecular weight excluding hydrogens is 410 g/mol. The second-order valence-electron chi connectivity index (χ2n) is 8.25. The molecule has 0 saturated carbocycles. The maximum Gasteiger partial charge on any atom is 0.325 e. The highest BCUT2D eigenvalue weighted by Gasteiger charge is 2.52. The van der Waals surface area contributed by atoms with Crippen molar-refractivity contribution in [1.82, 2.24) is 15.5 Å². The predicted octanol–water partition coefficient (Wildman–Crippen LogP) is 2.36. The molecule has 4 rings (SSSR count). The lowest BCUT2D eigenvalue weighted by Crippen LogP contribution is -2.51. The van der Waals surface area contributed by atoms with Crippen molar-refractivity contribution in [2.24, 2.45) is 0 Å². The van der Waals surface area contributed by atoms with E-state index in [-0.39, 0.29) is 12.5 Å². The molecule has 2 unspecified atom stereocenters. The topological polar surface area (TPSA) is 97.0 Å². The summed E-state index contributed by atoms with van der Waals surface area (Å²) in [6.07, 6.45) is 1.66. The van der Waals surface area contributed by atoms with E-state index in [4.69, 9.17) is 9.47 Å². The highest BCUT2D eigenvalue weighted by Crippen LogP contribution is 2.34. The van der Waals surface area contributed by atoms with Gasteiger partial charge in [0.1, 0.15) is 23.6 Å². The molecule has 2 aromatic rings. The maximum absolute atomic E-state index is 13.2. The van der Waals surface area contributed by atoms with E-state index in [9.17, 15) is 14.4 Å². The van der Waals surface area contributed by atoms with Crippen molar-refractivity contribution < 1.29 is 23.9 Å². The number of rotatable bonds is 6. The van der Waals surface area contributed by atoms with Gasteiger partial charge in [0.2, 0.25) is 5.91 Å². The Balaban J connectivity index is 1.45. The molecule has 32 heavy (non-hydrogen) atoms. The predicted molar refractivity (Wildman–Crippen MR) is 118 cm³/mol. The van der Waals surface area contributed by atoms with Gasteiger partial charge in [0.25, 0.3) is 5.91 Å². The van der Waals surface area contributed by atoms with Crippen LogP contribution < -0.4 is 20.1 Å². The molecule has 1 spiro atoms. The Morgan fingerprint density at radius 1 is 1.16 bits per heavy atom. The first-order valence-electron chi connectivity index (χ1n) is 10.6. The number of aryl methyl sites for hydroxylation is 1. The Morgan fingerprint density at radius 3 is 2.62 bits per heavy atom. The van der Waals surface area contributed by atoms with Crippen LogP contribution in [0.1, 0.15) is 36.1 Å². The Hall–Kier alpha value is -3.55. The third kappa shape index (κ3) is 3.88. The first kappa shape index (κ1) is 21.7. The molecule has 1 heterocycles. The van der Waals surface area contributed by atoms with Crippen LogP contribution in [-0.2, 0) is 22.4 Å². The summed E-state index contributed by atoms with van der Waals surface area (Å²) < 4.78 is 10.6. The highest BCUT2D eigenvalue weighted by molar-refractivity contribution is 6.09. The Kier molecular flexibility index (Phi) is 5.78. The number of benzene rings is 2. The number of urea groups is 1. The zero-order valence-electron chi connectivity index (χ0n) is 18.4. The highest BCUT2D eigenvalue weighted by atomic mass is 16.5. The normalized spacial score (nSPS) is 20.5. The number of carbonyl (C=O) groups is 3. The summed E-state index contributed by atoms with van der Waals surface area (Å²) in [6, 6.07) is 12.3. The molecule has 8 heteroatoms. The lowest BCUT2D eigenvalue weighted by Gasteiger charge is -2.32. The fraction of sp³-hybridized carbons (Fsp3) is 0.375. The third-order valence-corrected chi connectivity index (χ3v) is 6.26. The van der Waals surface area contributed by atoms with E-state index >= 15 is 0 Å². The quantitative estimate of drug-likeness (QED) is 0.677. The van der Waals surface area contributed by atoms with E-state index in [1.54, 1.807) is 39.3 Å². The van der Waals surface area contributed by atoms with Gasteiger partial charge >= 0.3 is 6.03 Å². The van der Waals surface area contributed by atoms with Crippen LogP contribution in [-0.4, -0.2) is 49.0 Å². The molecule has 8 nitrogen and oxygen atoms in total. The van der Waals surface area contributed by atoms with Crippen LogP contribution in [0, 0.1) is 0 Å². The van der Waals surface area contributed by atoms with E-state index in [1.165, 1.54) is 5.56 Å². The Labute approximate surface area is 186 Å². The second-order valence-corrected chi connectivity index (χ2v) is 8.25. The lowest BCUT2D eigenvalue weighted by atomic mass is 9.78. The molecular formula is C24H27N3O5. The minimum absolute atomic E-state index is 0.343. The first-order chi connectivity index (χ1) is 15.4. The van der Waals surface area contributed by atoms with Gasteiger partial charge in [-0.2, -0.15) is 0 Å². The number of hydrogen-bond acceptors (Lipinski definition) is 5. The van der Waals surface area contributed by atoms with Crippen LogP contribution in [0.2, 0.25) is 0 Å². The van der Waals surface area contributed by atoms with Crippen molar-refractivity contribution >= 4 is 17.8 Å². The number of ether oxygens (including phenoxy) is 2. The fourth-order valence-electron chi connectivity index (χ4n) is 4.53. The number of carbonyl (C=O) groups excluding carboxylic acids is 3. The number of nitrogens with one attached hydrogen (secondary N) is 2. The molecule has 0 bridgehead atoms. The zero-order valence-corrected chi connectivity index (χ0v) is 18.4. The van der Waals surface area contributed by atoms with Gasteiger partial charge in [0.05, 0.1) is 20.3 Å². The molecule has 1 fully saturated rings. The van der Waals surface area contributed by atoms with Gasteiger partial charge in [-0.1, -0.05) is 24.3 Å². The van der Waals surface area contributed by atoms with E-state index in [1.807, 2.05) is 24.3 Å². The van der Waals surface area contributed by atoms with Crippen molar-refractivity contribution in [3.8, 4) is 11.5 Å². The van der Waals surface area contributed by atoms with Gasteiger partial charge in [0.15, 0.2) is 0 Å². The van der Waals surface area contributed by atoms with E-state index in [0.29, 0.717) is 30.8 Å². The van der Waals surface area contributed by atoms with Gasteiger partial charge in [-0.05, 0) is 49.1 Å². The summed E-state index contributed by atoms with van der Waals surface area (Å²) in [5.74, 6) is 0.460. The number of imide groups is 1. The summed E-state index contributed by atoms with van der Waals surface area (Å²) in [6.45, 7) is 1.46. The molecule has 1 saturated heterocycles. The van der Waals surface area contributed by atoms with Crippen molar-refractivity contribution in [2.45, 2.75) is 37.8 Å². The molecule has 1 aliphatic heterocycles. The second kappa shape index (κ2) is 8.53. The van der Waals surface area contributed by atoms with Gasteiger partial charge in [-0.25, -0.2) is 4.79 Å². The number of amides is 4. The van der Waals surface area contributed by atoms with Crippen molar-refractivity contribution in [3.05, 3.63) is 59.2 Å². The number of fused-ring (bicyclic) bond motifs is 1. The molecule has 2 aromatic carbocycles. The van der Waals surface area contributed by atoms with Crippen molar-refractivity contribution in [3.63, 3.8) is 0 Å². The van der Waals surface area contributed by atoms with Crippen LogP contribution >= 0.6 is 0 Å². The average Bonchev–Trinajstić information content (AvgIpc) is 3.02. The Morgan fingerprint density at radius 2 is 1.91 bits per heavy atom. The van der Waals surface area contributed by atoms with E-state index < -0.39 is 23.5 Å². The molecule has 0 aromatic heterocycles. The number of nitrogens with zero attached hydrogens (tertiary/aromatic N) is 1. The molecule has 4 amide bonds. The van der Waals surface area contributed by atoms with Crippen LogP contribution in [0.25, 0.3) is 0 Å². The summed E-state index contributed by atoms with van der Waals surface area (Å²) in [7, 11) is 3.11. The van der Waals surface area contributed by atoms with E-state index in [2.05, 4.69) is 10.6 Å². The van der Waals surface area contributed by atoms with Gasteiger partial charge in [-0.3, -0.25) is 14.5 Å². The molecule has 2 N–H and O–H groups in total. The average molecular weight is 437 g/mol. The number of hydrogen-bond donors (Lipinski definition) is 2. The summed E-state index contributed by atoms with van der Waals surface area (Å²) in [5, 5.41) is 5.70. The van der Waals surface area contributed by atoms with Crippen LogP contribution in [0.5, 0.6) is 11.5 Å². The monoisotopic (exact) mass is 437 g/mol. The molecule has 2 atom stereocenters. The third-order valence-electron chi connectivity index (χ3n) is 6.26. The van der Waals surface area contributed by atoms with Crippen LogP contribution in [0.3, 0.4) is 0 Å². The lowest BCUT2D eigenvalue weighted by molar-refractivity contribution is -0.135. The molecule has 168 valence electrons. The fourth-order valence-corrected chi connectivity index (χ4v) is 4.53. The molecule has 0 radical (unpaired) electrons. The first-order valence-corrected chi connectivity index (χ1v) is 10.6. The Bertz CT molecular complexity index is 1070. The minimum Gasteiger partial charge on any atom is -0.497 e. The van der Waals surface area contributed by atoms with Gasteiger partial charge < -0.3 is 20.1 Å². The minimum atomic E-state index is -0.979. The van der Waals surface area contributed by atoms with Gasteiger partial charge in [0, 0.05) is 12.0 Å². The number of methoxy groups -OCH3 is 2. The van der Waals surface area contributed by atoms with Gasteiger partial charge in [-0.15, -0.1) is 0 Å². The van der Waals surface area contributed by atoms with Crippen LogP contribution in [0.4, 0.5) is 4.79 Å². The smallest absolute Gasteiger partial charge is 0.325 e. The molecule has 2 aliphatic rings. The molecule has 1 aliphatic carbocycles. The zero-order chi connectivity index (χ0) is 22.9. The standard InChI is InChI=1S/C24H27N3O5/c1-15(19-12-18(31-2)8-9-20(19)32-3)25-21(28)14-27-22(29)24(26-23(27)30)11-10-16-6-4-5-7-17(16)13-24/h4-9,12,15H,10-11,13-14H2,1-3H3,(H,25,28)(H,26,30). The maximum atomic E-state index is 13.2. The summed E-state index contributed by atoms with van der Waals surface area (Å²) in [5.41, 5.74) is 2.00. The SMILES string of the molecule is COc1ccc(OC)c(C(C)NC(=O)CN2C(=O)NC3(CCc4ccccc4C3)C2=O)c1. The van der Waals surface area contributed by atoms with Crippen molar-refractivity contribution in [1.29, 1.82) is 0 Å². The largest absolute Gasteiger partial charge is 0.497 e. The summed E-state index contributed by atoms with van der Waals surface area (Å²) >= 11 is 0. The van der Waals surface area contributed by atoms with E-state index in [0.717, 1.165) is 16.0 Å². The summed E-state index contributed by atoms with van der Waals surface area (Å²) in [4.78, 5) is 39.6.